The first-order valence-corrected chi connectivity index (χ1v) is 24.1. The average Bonchev–Trinajstić information content (AvgIpc) is 3.99. The molecule has 0 saturated carbocycles. The van der Waals surface area contributed by atoms with Crippen molar-refractivity contribution in [3.8, 4) is 22.5 Å². The van der Waals surface area contributed by atoms with Gasteiger partial charge in [-0.25, -0.2) is 14.8 Å². The first kappa shape index (κ1) is 47.3. The van der Waals surface area contributed by atoms with Crippen LogP contribution in [0.25, 0.3) is 44.3 Å². The number of H-pyrrole nitrogens is 2. The molecule has 20 heteroatoms. The van der Waals surface area contributed by atoms with Gasteiger partial charge in [-0.2, -0.15) is 10.2 Å². The van der Waals surface area contributed by atoms with Crippen LogP contribution in [0.5, 0.6) is 0 Å². The van der Waals surface area contributed by atoms with Gasteiger partial charge >= 0.3 is 6.09 Å². The predicted octanol–water partition coefficient (Wildman–Crippen LogP) is 6.96. The number of rotatable bonds is 10. The number of pyridine rings is 2. The zero-order valence-corrected chi connectivity index (χ0v) is 39.7. The second kappa shape index (κ2) is 20.8. The maximum absolute atomic E-state index is 12.3. The Bertz CT molecular complexity index is 2740. The molecule has 10 rings (SSSR count). The molecule has 69 heavy (non-hydrogen) atoms. The monoisotopic (exact) mass is 942 g/mol. The molecule has 4 fully saturated rings. The summed E-state index contributed by atoms with van der Waals surface area (Å²) in [6.07, 6.45) is 7.91. The van der Waals surface area contributed by atoms with E-state index in [4.69, 9.17) is 4.74 Å². The Hall–Kier alpha value is -6.77. The lowest BCUT2D eigenvalue weighted by Gasteiger charge is -2.39. The van der Waals surface area contributed by atoms with Crippen molar-refractivity contribution in [2.24, 2.45) is 11.8 Å². The van der Waals surface area contributed by atoms with Gasteiger partial charge < -0.3 is 24.8 Å². The Balaban J connectivity index is 0.000000175. The molecule has 0 aliphatic carbocycles. The van der Waals surface area contributed by atoms with Gasteiger partial charge in [0.15, 0.2) is 0 Å². The highest BCUT2D eigenvalue weighted by Gasteiger charge is 2.29. The van der Waals surface area contributed by atoms with Crippen LogP contribution >= 0.6 is 0 Å². The van der Waals surface area contributed by atoms with Crippen molar-refractivity contribution in [2.45, 2.75) is 52.1 Å². The van der Waals surface area contributed by atoms with Crippen molar-refractivity contribution in [3.63, 3.8) is 0 Å². The van der Waals surface area contributed by atoms with Crippen LogP contribution in [0.3, 0.4) is 0 Å². The largest absolute Gasteiger partial charge is 0.444 e. The van der Waals surface area contributed by atoms with Crippen LogP contribution in [0.15, 0.2) is 73.1 Å². The highest BCUT2D eigenvalue weighted by molar-refractivity contribution is 5.95. The number of nitrogens with one attached hydrogen (secondary N) is 3. The fraction of sp³-hybridized carbons (Fsp3) is 0.490. The highest BCUT2D eigenvalue weighted by Crippen LogP contribution is 2.33. The van der Waals surface area contributed by atoms with Crippen LogP contribution in [0.4, 0.5) is 27.8 Å². The molecule has 1 amide bonds. The fourth-order valence-corrected chi connectivity index (χ4v) is 9.89. The summed E-state index contributed by atoms with van der Waals surface area (Å²) in [5.41, 5.74) is 4.37. The van der Waals surface area contributed by atoms with Crippen LogP contribution < -0.4 is 15.1 Å². The number of hydrogen-bond acceptors (Lipinski definition) is 15. The van der Waals surface area contributed by atoms with E-state index in [0.717, 1.165) is 148 Å². The van der Waals surface area contributed by atoms with E-state index in [9.17, 15) is 25.0 Å². The first-order valence-electron chi connectivity index (χ1n) is 24.1. The maximum Gasteiger partial charge on any atom is 0.410 e. The number of carbonyl (C=O) groups is 1. The number of amides is 1. The summed E-state index contributed by atoms with van der Waals surface area (Å²) in [6.45, 7) is 19.4. The standard InChI is InChI=1S/C27H35N7O4.C22H27N7O2/c1-27(2,3)38-26(35)33-10-7-19(8-11-33)18-31-12-14-32(15-13-31)24-16-20(6-9-28-24)25-22-17-21(34(36)37)4-5-23(22)29-30-25;30-29(31)18-1-2-20-19(14-18)22(26-25-20)17-5-8-24-21(13-17)28-11-9-27(10-12-28)15-16-3-6-23-7-4-16/h4-6,9,16-17,19H,7-8,10-15,18H2,1-3H3,(H,29,30);1-2,5,8,13-14,16,23H,3-4,6-7,9-12,15H2,(H,25,26). The molecule has 4 aliphatic heterocycles. The van der Waals surface area contributed by atoms with E-state index in [-0.39, 0.29) is 22.4 Å². The van der Waals surface area contributed by atoms with Crippen LogP contribution in [-0.2, 0) is 4.74 Å². The third-order valence-corrected chi connectivity index (χ3v) is 13.7. The second-order valence-corrected chi connectivity index (χ2v) is 19.6. The fourth-order valence-electron chi connectivity index (χ4n) is 9.89. The number of fused-ring (bicyclic) bond motifs is 2. The molecule has 4 aromatic heterocycles. The summed E-state index contributed by atoms with van der Waals surface area (Å²) >= 11 is 0. The van der Waals surface area contributed by atoms with Crippen LogP contribution in [0.2, 0.25) is 0 Å². The van der Waals surface area contributed by atoms with Gasteiger partial charge in [0.1, 0.15) is 28.6 Å². The molecule has 364 valence electrons. The number of aromatic amines is 2. The SMILES string of the molecule is CC(C)(C)OC(=O)N1CCC(CN2CCN(c3cc(-c4n[nH]c5ccc([N+](=O)[O-])cc45)ccn3)CC2)CC1.O=[N+]([O-])c1ccc2[nH]nc(-c3ccnc(N4CCN(CC5CCNCC5)CC4)c3)c2c1. The molecule has 0 atom stereocenters. The minimum absolute atomic E-state index is 0.0427. The number of ether oxygens (including phenoxy) is 1. The molecule has 0 radical (unpaired) electrons. The second-order valence-electron chi connectivity index (χ2n) is 19.6. The number of benzene rings is 2. The molecular weight excluding hydrogens is 881 g/mol. The summed E-state index contributed by atoms with van der Waals surface area (Å²) in [5.74, 6) is 3.21. The molecule has 4 saturated heterocycles. The van der Waals surface area contributed by atoms with E-state index in [1.165, 1.54) is 31.5 Å². The molecule has 0 unspecified atom stereocenters. The molecule has 8 heterocycles. The number of nitrogens with zero attached hydrogens (tertiary/aromatic N) is 11. The number of aromatic nitrogens is 6. The molecule has 0 bridgehead atoms. The minimum atomic E-state index is -0.464. The summed E-state index contributed by atoms with van der Waals surface area (Å²) < 4.78 is 5.52. The Kier molecular flexibility index (Phi) is 14.3. The number of non-ortho nitro benzene ring substituents is 2. The Morgan fingerprint density at radius 3 is 1.52 bits per heavy atom. The predicted molar refractivity (Wildman–Crippen MR) is 265 cm³/mol. The van der Waals surface area contributed by atoms with Gasteiger partial charge in [0.25, 0.3) is 11.4 Å². The summed E-state index contributed by atoms with van der Waals surface area (Å²) in [7, 11) is 0. The molecule has 4 aliphatic rings. The van der Waals surface area contributed by atoms with E-state index in [2.05, 4.69) is 55.3 Å². The maximum atomic E-state index is 12.3. The number of anilines is 2. The van der Waals surface area contributed by atoms with Crippen LogP contribution in [-0.4, -0.2) is 158 Å². The van der Waals surface area contributed by atoms with Crippen LogP contribution in [0, 0.1) is 32.1 Å². The summed E-state index contributed by atoms with van der Waals surface area (Å²) in [6, 6.07) is 17.3. The number of piperazine rings is 2. The van der Waals surface area contributed by atoms with Crippen molar-refractivity contribution in [2.75, 3.05) is 101 Å². The smallest absolute Gasteiger partial charge is 0.410 e. The van der Waals surface area contributed by atoms with Gasteiger partial charge in [-0.05, 0) is 108 Å². The van der Waals surface area contributed by atoms with E-state index >= 15 is 0 Å². The molecule has 0 spiro atoms. The quantitative estimate of drug-likeness (QED) is 0.0933. The zero-order chi connectivity index (χ0) is 48.1. The number of nitro groups is 2. The van der Waals surface area contributed by atoms with E-state index < -0.39 is 10.5 Å². The van der Waals surface area contributed by atoms with Crippen molar-refractivity contribution in [1.82, 2.24) is 50.4 Å². The Morgan fingerprint density at radius 2 is 1.09 bits per heavy atom. The zero-order valence-electron chi connectivity index (χ0n) is 39.7. The van der Waals surface area contributed by atoms with Crippen molar-refractivity contribution in [3.05, 3.63) is 93.3 Å². The summed E-state index contributed by atoms with van der Waals surface area (Å²) in [4.78, 5) is 54.7. The van der Waals surface area contributed by atoms with Gasteiger partial charge in [0, 0.05) is 137 Å². The number of nitro benzene ring substituents is 2. The number of piperidine rings is 2. The Morgan fingerprint density at radius 1 is 0.638 bits per heavy atom. The van der Waals surface area contributed by atoms with Gasteiger partial charge in [-0.1, -0.05) is 0 Å². The molecule has 20 nitrogen and oxygen atoms in total. The van der Waals surface area contributed by atoms with E-state index in [0.29, 0.717) is 17.3 Å². The van der Waals surface area contributed by atoms with Gasteiger partial charge in [0.2, 0.25) is 0 Å². The lowest BCUT2D eigenvalue weighted by molar-refractivity contribution is -0.384. The van der Waals surface area contributed by atoms with E-state index in [1.807, 2.05) is 49.9 Å². The molecule has 6 aromatic rings. The van der Waals surface area contributed by atoms with Crippen molar-refractivity contribution < 1.29 is 19.4 Å². The third-order valence-electron chi connectivity index (χ3n) is 13.7. The van der Waals surface area contributed by atoms with Crippen molar-refractivity contribution >= 4 is 50.9 Å². The summed E-state index contributed by atoms with van der Waals surface area (Å²) in [5, 5.41) is 42.1. The highest BCUT2D eigenvalue weighted by atomic mass is 16.6. The number of carbonyl (C=O) groups excluding carboxylic acids is 1. The number of likely N-dealkylation sites (tertiary alicyclic amines) is 1. The first-order chi connectivity index (χ1) is 33.3. The van der Waals surface area contributed by atoms with Gasteiger partial charge in [-0.3, -0.25) is 40.2 Å². The van der Waals surface area contributed by atoms with E-state index in [1.54, 1.807) is 36.7 Å². The Labute approximate surface area is 400 Å². The lowest BCUT2D eigenvalue weighted by Crippen LogP contribution is -2.49. The molecular formula is C49H62N14O6. The van der Waals surface area contributed by atoms with Gasteiger partial charge in [-0.15, -0.1) is 0 Å². The molecule has 3 N–H and O–H groups in total. The molecule has 2 aromatic carbocycles. The lowest BCUT2D eigenvalue weighted by atomic mass is 9.96. The third kappa shape index (κ3) is 11.6. The topological polar surface area (TPSA) is 224 Å². The normalized spacial score (nSPS) is 18.0. The van der Waals surface area contributed by atoms with Gasteiger partial charge in [0.05, 0.1) is 20.9 Å². The minimum Gasteiger partial charge on any atom is -0.444 e. The average molecular weight is 943 g/mol. The van der Waals surface area contributed by atoms with Crippen molar-refractivity contribution in [1.29, 1.82) is 0 Å². The number of hydrogen-bond donors (Lipinski definition) is 3. The van der Waals surface area contributed by atoms with Crippen LogP contribution in [0.1, 0.15) is 46.5 Å².